The first-order valence-corrected chi connectivity index (χ1v) is 10.3. The van der Waals surface area contributed by atoms with Crippen LogP contribution in [0.3, 0.4) is 0 Å². The lowest BCUT2D eigenvalue weighted by molar-refractivity contribution is 0.386. The van der Waals surface area contributed by atoms with E-state index >= 15 is 0 Å². The maximum Gasteiger partial charge on any atom is -0.0132 e. The molecule has 0 saturated heterocycles. The molecule has 0 saturated carbocycles. The summed E-state index contributed by atoms with van der Waals surface area (Å²) >= 11 is 0. The average Bonchev–Trinajstić information content (AvgIpc) is 2.51. The topological polar surface area (TPSA) is 0 Å². The van der Waals surface area contributed by atoms with Crippen LogP contribution in [0.4, 0.5) is 0 Å². The third-order valence-electron chi connectivity index (χ3n) is 5.46. The highest BCUT2D eigenvalue weighted by atomic mass is 14.3. The summed E-state index contributed by atoms with van der Waals surface area (Å²) in [5.41, 5.74) is 4.86. The van der Waals surface area contributed by atoms with Crippen molar-refractivity contribution >= 4 is 0 Å². The van der Waals surface area contributed by atoms with Crippen LogP contribution in [0, 0.1) is 11.8 Å². The van der Waals surface area contributed by atoms with E-state index in [1.165, 1.54) is 48.8 Å². The van der Waals surface area contributed by atoms with Crippen molar-refractivity contribution in [3.8, 4) is 0 Å². The van der Waals surface area contributed by atoms with Crippen LogP contribution in [-0.4, -0.2) is 0 Å². The fourth-order valence-corrected chi connectivity index (χ4v) is 3.53. The van der Waals surface area contributed by atoms with Gasteiger partial charge in [0.2, 0.25) is 0 Å². The van der Waals surface area contributed by atoms with Crippen LogP contribution in [-0.2, 0) is 17.3 Å². The maximum absolute atomic E-state index is 4.07. The summed E-state index contributed by atoms with van der Waals surface area (Å²) in [5.74, 6) is 1.42. The first kappa shape index (κ1) is 22.0. The fraction of sp³-hybridized carbons (Fsp3) is 0.680. The van der Waals surface area contributed by atoms with Crippen LogP contribution in [0.15, 0.2) is 30.9 Å². The van der Waals surface area contributed by atoms with E-state index in [1.807, 2.05) is 0 Å². The number of allylic oxidation sites excluding steroid dienone is 1. The second kappa shape index (κ2) is 9.06. The molecule has 0 heterocycles. The summed E-state index contributed by atoms with van der Waals surface area (Å²) in [7, 11) is 0. The van der Waals surface area contributed by atoms with Gasteiger partial charge in [0.1, 0.15) is 0 Å². The van der Waals surface area contributed by atoms with E-state index in [0.717, 1.165) is 5.92 Å². The van der Waals surface area contributed by atoms with E-state index in [-0.39, 0.29) is 10.8 Å². The van der Waals surface area contributed by atoms with Crippen molar-refractivity contribution in [1.29, 1.82) is 0 Å². The minimum absolute atomic E-state index is 0.198. The van der Waals surface area contributed by atoms with Crippen LogP contribution >= 0.6 is 0 Å². The van der Waals surface area contributed by atoms with Gasteiger partial charge in [0.15, 0.2) is 0 Å². The van der Waals surface area contributed by atoms with Gasteiger partial charge in [-0.3, -0.25) is 0 Å². The lowest BCUT2D eigenvalue weighted by Gasteiger charge is -2.27. The summed E-state index contributed by atoms with van der Waals surface area (Å²) in [6.45, 7) is 22.6. The SMILES string of the molecule is C=CC(CCC)CC(CC)Cc1cc(C(C)(C)C)cc(C(C)(C)C)c1. The van der Waals surface area contributed by atoms with Crippen molar-refractivity contribution in [2.75, 3.05) is 0 Å². The molecule has 0 fully saturated rings. The molecule has 0 bridgehead atoms. The highest BCUT2D eigenvalue weighted by Crippen LogP contribution is 2.32. The van der Waals surface area contributed by atoms with Crippen LogP contribution in [0.25, 0.3) is 0 Å². The predicted octanol–water partition coefficient (Wildman–Crippen LogP) is 7.84. The van der Waals surface area contributed by atoms with Crippen molar-refractivity contribution in [1.82, 2.24) is 0 Å². The molecule has 0 aliphatic heterocycles. The Kier molecular flexibility index (Phi) is 7.97. The molecule has 142 valence electrons. The summed E-state index contributed by atoms with van der Waals surface area (Å²) in [6, 6.07) is 7.34. The minimum atomic E-state index is 0.198. The molecule has 0 nitrogen and oxygen atoms in total. The first-order chi connectivity index (χ1) is 11.5. The Hall–Kier alpha value is -1.04. The molecular weight excluding hydrogens is 300 g/mol. The van der Waals surface area contributed by atoms with Crippen molar-refractivity contribution in [2.24, 2.45) is 11.8 Å². The Morgan fingerprint density at radius 2 is 1.44 bits per heavy atom. The van der Waals surface area contributed by atoms with Gasteiger partial charge >= 0.3 is 0 Å². The van der Waals surface area contributed by atoms with Gasteiger partial charge in [-0.05, 0) is 58.6 Å². The normalized spacial score (nSPS) is 15.0. The van der Waals surface area contributed by atoms with Crippen molar-refractivity contribution in [2.45, 2.75) is 98.3 Å². The van der Waals surface area contributed by atoms with Crippen molar-refractivity contribution in [3.63, 3.8) is 0 Å². The molecule has 1 aromatic carbocycles. The molecule has 0 aliphatic carbocycles. The second-order valence-corrected chi connectivity index (χ2v) is 9.92. The van der Waals surface area contributed by atoms with E-state index < -0.39 is 0 Å². The lowest BCUT2D eigenvalue weighted by atomic mass is 9.78. The third-order valence-corrected chi connectivity index (χ3v) is 5.46. The van der Waals surface area contributed by atoms with Gasteiger partial charge in [-0.15, -0.1) is 6.58 Å². The number of rotatable bonds is 8. The minimum Gasteiger partial charge on any atom is -0.103 e. The van der Waals surface area contributed by atoms with Crippen molar-refractivity contribution in [3.05, 3.63) is 47.5 Å². The van der Waals surface area contributed by atoms with E-state index in [9.17, 15) is 0 Å². The molecule has 0 N–H and O–H groups in total. The van der Waals surface area contributed by atoms with E-state index in [4.69, 9.17) is 0 Å². The van der Waals surface area contributed by atoms with Crippen LogP contribution in [0.1, 0.15) is 97.8 Å². The first-order valence-electron chi connectivity index (χ1n) is 10.3. The smallest absolute Gasteiger partial charge is 0.0132 e. The third kappa shape index (κ3) is 7.00. The molecule has 0 amide bonds. The van der Waals surface area contributed by atoms with E-state index in [0.29, 0.717) is 5.92 Å². The molecule has 0 aliphatic rings. The Morgan fingerprint density at radius 1 is 0.920 bits per heavy atom. The van der Waals surface area contributed by atoms with Crippen molar-refractivity contribution < 1.29 is 0 Å². The zero-order valence-electron chi connectivity index (χ0n) is 18.2. The Bertz CT molecular complexity index is 504. The summed E-state index contributed by atoms with van der Waals surface area (Å²) in [6.07, 6.45) is 8.42. The molecule has 0 spiro atoms. The van der Waals surface area contributed by atoms with Gasteiger partial charge in [0.25, 0.3) is 0 Å². The van der Waals surface area contributed by atoms with Crippen LogP contribution in [0.2, 0.25) is 0 Å². The molecule has 0 aromatic heterocycles. The highest BCUT2D eigenvalue weighted by Gasteiger charge is 2.21. The molecule has 1 rings (SSSR count). The predicted molar refractivity (Wildman–Crippen MR) is 115 cm³/mol. The Morgan fingerprint density at radius 3 is 1.80 bits per heavy atom. The van der Waals surface area contributed by atoms with Gasteiger partial charge in [-0.1, -0.05) is 92.5 Å². The largest absolute Gasteiger partial charge is 0.103 e. The van der Waals surface area contributed by atoms with Gasteiger partial charge in [0.05, 0.1) is 0 Å². The van der Waals surface area contributed by atoms with Crippen LogP contribution < -0.4 is 0 Å². The number of benzene rings is 1. The maximum atomic E-state index is 4.07. The average molecular weight is 343 g/mol. The zero-order valence-corrected chi connectivity index (χ0v) is 18.2. The second-order valence-electron chi connectivity index (χ2n) is 9.92. The van der Waals surface area contributed by atoms with E-state index in [2.05, 4.69) is 86.2 Å². The Balaban J connectivity index is 3.11. The summed E-state index contributed by atoms with van der Waals surface area (Å²) in [5, 5.41) is 0. The Labute approximate surface area is 158 Å². The molecule has 25 heavy (non-hydrogen) atoms. The molecule has 1 aromatic rings. The van der Waals surface area contributed by atoms with Gasteiger partial charge in [-0.25, -0.2) is 0 Å². The molecule has 2 atom stereocenters. The van der Waals surface area contributed by atoms with Gasteiger partial charge in [-0.2, -0.15) is 0 Å². The van der Waals surface area contributed by atoms with Crippen LogP contribution in [0.5, 0.6) is 0 Å². The zero-order chi connectivity index (χ0) is 19.3. The number of hydrogen-bond acceptors (Lipinski definition) is 0. The monoisotopic (exact) mass is 342 g/mol. The lowest BCUT2D eigenvalue weighted by Crippen LogP contribution is -2.18. The highest BCUT2D eigenvalue weighted by molar-refractivity contribution is 5.37. The molecular formula is C25H42. The van der Waals surface area contributed by atoms with Gasteiger partial charge in [0, 0.05) is 0 Å². The molecule has 2 unspecified atom stereocenters. The quantitative estimate of drug-likeness (QED) is 0.422. The molecule has 0 heteroatoms. The summed E-state index contributed by atoms with van der Waals surface area (Å²) < 4.78 is 0. The number of hydrogen-bond donors (Lipinski definition) is 0. The standard InChI is InChI=1S/C25H42/c1-10-13-19(11-2)14-20(12-3)15-21-16-22(24(4,5)6)18-23(17-21)25(7,8)9/h11,16-20H,2,10,12-15H2,1,3-9H3. The van der Waals surface area contributed by atoms with E-state index in [1.54, 1.807) is 0 Å². The molecule has 0 radical (unpaired) electrons. The summed E-state index contributed by atoms with van der Waals surface area (Å²) in [4.78, 5) is 0. The fourth-order valence-electron chi connectivity index (χ4n) is 3.53. The van der Waals surface area contributed by atoms with Gasteiger partial charge < -0.3 is 0 Å².